The number of aromatic nitrogens is 4. The average molecular weight is 553 g/mol. The molecule has 6 atom stereocenters. The van der Waals surface area contributed by atoms with Crippen LogP contribution in [0.2, 0.25) is 0 Å². The van der Waals surface area contributed by atoms with Gasteiger partial charge < -0.3 is 44.8 Å². The van der Waals surface area contributed by atoms with E-state index in [-0.39, 0.29) is 21.8 Å². The molecule has 1 aliphatic rings. The number of rotatable bonds is 8. The summed E-state index contributed by atoms with van der Waals surface area (Å²) in [5.41, 5.74) is 6.13. The Balaban J connectivity index is 1.75. The van der Waals surface area contributed by atoms with Crippen LogP contribution in [-0.4, -0.2) is 73.8 Å². The number of phosphoric ester groups is 1. The highest BCUT2D eigenvalue weighted by Gasteiger charge is 2.47. The first-order valence-electron chi connectivity index (χ1n) is 8.50. The number of anilines is 1. The first-order chi connectivity index (χ1) is 15.0. The zero-order chi connectivity index (χ0) is 24.9. The highest BCUT2D eigenvalue weighted by atomic mass is 32.1. The lowest BCUT2D eigenvalue weighted by Crippen LogP contribution is -2.33. The monoisotopic (exact) mass is 553 g/mol. The summed E-state index contributed by atoms with van der Waals surface area (Å²) in [6.07, 6.45) is -4.92. The van der Waals surface area contributed by atoms with Crippen molar-refractivity contribution in [2.24, 2.45) is 7.05 Å². The van der Waals surface area contributed by atoms with Crippen molar-refractivity contribution in [3.05, 3.63) is 11.0 Å². The van der Waals surface area contributed by atoms with E-state index in [4.69, 9.17) is 37.4 Å². The van der Waals surface area contributed by atoms with E-state index >= 15 is 0 Å². The van der Waals surface area contributed by atoms with Gasteiger partial charge in [0.1, 0.15) is 28.5 Å². The van der Waals surface area contributed by atoms with Crippen LogP contribution in [0.3, 0.4) is 0 Å². The number of phosphoric acid groups is 3. The van der Waals surface area contributed by atoms with Crippen LogP contribution < -0.4 is 5.73 Å². The van der Waals surface area contributed by atoms with Gasteiger partial charge in [0.2, 0.25) is 5.95 Å². The molecule has 33 heavy (non-hydrogen) atoms. The molecular formula is C11H18N5O13P3S. The summed E-state index contributed by atoms with van der Waals surface area (Å²) < 4.78 is 53.7. The van der Waals surface area contributed by atoms with Gasteiger partial charge in [-0.1, -0.05) is 12.2 Å². The van der Waals surface area contributed by atoms with Crippen molar-refractivity contribution < 1.29 is 61.4 Å². The maximum atomic E-state index is 11.8. The van der Waals surface area contributed by atoms with Crippen LogP contribution in [0.15, 0.2) is 6.33 Å². The molecule has 0 aromatic carbocycles. The van der Waals surface area contributed by atoms with Gasteiger partial charge in [0.15, 0.2) is 11.9 Å². The first-order valence-corrected chi connectivity index (χ1v) is 13.4. The number of aliphatic hydroxyl groups is 2. The van der Waals surface area contributed by atoms with Gasteiger partial charge in [0.25, 0.3) is 0 Å². The molecule has 2 aromatic rings. The van der Waals surface area contributed by atoms with E-state index in [0.29, 0.717) is 0 Å². The van der Waals surface area contributed by atoms with Gasteiger partial charge in [-0.3, -0.25) is 9.09 Å². The third-order valence-electron chi connectivity index (χ3n) is 4.27. The number of imidazole rings is 1. The van der Waals surface area contributed by atoms with E-state index in [2.05, 4.69) is 23.1 Å². The third-order valence-corrected chi connectivity index (χ3v) is 8.54. The zero-order valence-electron chi connectivity index (χ0n) is 16.3. The van der Waals surface area contributed by atoms with Crippen LogP contribution in [0.4, 0.5) is 5.95 Å². The topological polar surface area (TPSA) is 271 Å². The molecule has 8 N–H and O–H groups in total. The highest BCUT2D eigenvalue weighted by molar-refractivity contribution is 7.71. The lowest BCUT2D eigenvalue weighted by molar-refractivity contribution is -0.0503. The van der Waals surface area contributed by atoms with Crippen molar-refractivity contribution in [3.63, 3.8) is 0 Å². The van der Waals surface area contributed by atoms with Gasteiger partial charge >= 0.3 is 23.5 Å². The van der Waals surface area contributed by atoms with Gasteiger partial charge in [0.05, 0.1) is 12.9 Å². The summed E-state index contributed by atoms with van der Waals surface area (Å²) in [7, 11) is -15.2. The SMILES string of the molecule is Cn1c(N)nc2c(ncn2[C@@H]2O[C@H](COP(=O)(O)OP(=O)(O)OP(=O)(O)O)[C@@H](O)[C@H]2O)c1=S. The number of nitrogens with zero attached hydrogens (tertiary/aromatic N) is 4. The first kappa shape index (κ1) is 26.5. The van der Waals surface area contributed by atoms with E-state index in [0.717, 1.165) is 0 Å². The second-order valence-corrected chi connectivity index (χ2v) is 11.4. The fraction of sp³-hybridized carbons (Fsp3) is 0.545. The van der Waals surface area contributed by atoms with Gasteiger partial charge in [-0.15, -0.1) is 0 Å². The Hall–Kier alpha value is -1.14. The van der Waals surface area contributed by atoms with Crippen molar-refractivity contribution in [3.8, 4) is 0 Å². The number of nitrogens with two attached hydrogens (primary N) is 1. The molecule has 1 fully saturated rings. The van der Waals surface area contributed by atoms with Crippen LogP contribution in [0.25, 0.3) is 11.2 Å². The molecule has 2 aromatic heterocycles. The molecule has 22 heteroatoms. The molecule has 18 nitrogen and oxygen atoms in total. The minimum Gasteiger partial charge on any atom is -0.387 e. The summed E-state index contributed by atoms with van der Waals surface area (Å²) in [5, 5.41) is 20.6. The van der Waals surface area contributed by atoms with E-state index in [1.54, 1.807) is 7.05 Å². The molecule has 0 bridgehead atoms. The summed E-state index contributed by atoms with van der Waals surface area (Å²) in [5.74, 6) is 0.0199. The Morgan fingerprint density at radius 2 is 1.79 bits per heavy atom. The quantitative estimate of drug-likeness (QED) is 0.153. The molecule has 3 heterocycles. The van der Waals surface area contributed by atoms with Crippen LogP contribution in [-0.2, 0) is 38.6 Å². The predicted octanol–water partition coefficient (Wildman–Crippen LogP) is -0.956. The fourth-order valence-electron chi connectivity index (χ4n) is 2.82. The van der Waals surface area contributed by atoms with Crippen LogP contribution in [0.1, 0.15) is 6.23 Å². The summed E-state index contributed by atoms with van der Waals surface area (Å²) in [6.45, 7) is -0.970. The van der Waals surface area contributed by atoms with Crippen LogP contribution in [0, 0.1) is 4.64 Å². The van der Waals surface area contributed by atoms with Crippen molar-refractivity contribution in [2.45, 2.75) is 24.5 Å². The lowest BCUT2D eigenvalue weighted by Gasteiger charge is -2.19. The molecule has 2 unspecified atom stereocenters. The molecule has 0 saturated carbocycles. The number of hydrogen-bond acceptors (Lipinski definition) is 13. The van der Waals surface area contributed by atoms with Gasteiger partial charge in [-0.25, -0.2) is 18.7 Å². The molecule has 186 valence electrons. The average Bonchev–Trinajstić information content (AvgIpc) is 3.17. The van der Waals surface area contributed by atoms with Crippen molar-refractivity contribution in [1.29, 1.82) is 0 Å². The van der Waals surface area contributed by atoms with Crippen LogP contribution in [0.5, 0.6) is 0 Å². The van der Waals surface area contributed by atoms with Gasteiger partial charge in [-0.05, 0) is 0 Å². The predicted molar refractivity (Wildman–Crippen MR) is 107 cm³/mol. The maximum Gasteiger partial charge on any atom is 0.490 e. The van der Waals surface area contributed by atoms with E-state index in [1.165, 1.54) is 15.5 Å². The molecule has 0 aliphatic carbocycles. The number of ether oxygens (including phenoxy) is 1. The normalized spacial score (nSPS) is 27.5. The van der Waals surface area contributed by atoms with Crippen molar-refractivity contribution in [1.82, 2.24) is 19.1 Å². The number of aliphatic hydroxyl groups excluding tert-OH is 2. The second kappa shape index (κ2) is 9.14. The van der Waals surface area contributed by atoms with Gasteiger partial charge in [0, 0.05) is 7.05 Å². The molecule has 0 spiro atoms. The number of nitrogen functional groups attached to an aromatic ring is 1. The standard InChI is InChI=1S/C11H18N5O13P3S/c1-15-10(33)5-8(14-11(15)12)16(3-13-5)9-7(18)6(17)4(27-9)2-26-31(22,23)29-32(24,25)28-30(19,20)21/h3-4,6-7,9,17-18H,2H2,1H3,(H2,12,14)(H,22,23)(H,24,25)(H2,19,20,21)/t4-,6-,7-,9-/m1/s1. The third kappa shape index (κ3) is 5.93. The zero-order valence-corrected chi connectivity index (χ0v) is 19.8. The smallest absolute Gasteiger partial charge is 0.387 e. The Morgan fingerprint density at radius 3 is 2.39 bits per heavy atom. The number of hydrogen-bond donors (Lipinski definition) is 7. The second-order valence-electron chi connectivity index (χ2n) is 6.59. The summed E-state index contributed by atoms with van der Waals surface area (Å²) in [6, 6.07) is 0. The molecule has 0 radical (unpaired) electrons. The number of fused-ring (bicyclic) bond motifs is 1. The maximum absolute atomic E-state index is 11.8. The van der Waals surface area contributed by atoms with Crippen LogP contribution >= 0.6 is 35.7 Å². The molecule has 1 aliphatic heterocycles. The molecule has 3 rings (SSSR count). The Labute approximate surface area is 188 Å². The Bertz CT molecular complexity index is 1260. The molecule has 0 amide bonds. The minimum absolute atomic E-state index is 0.0199. The largest absolute Gasteiger partial charge is 0.490 e. The van der Waals surface area contributed by atoms with E-state index in [1.807, 2.05) is 0 Å². The van der Waals surface area contributed by atoms with Gasteiger partial charge in [-0.2, -0.15) is 13.6 Å². The minimum atomic E-state index is -5.72. The lowest BCUT2D eigenvalue weighted by atomic mass is 10.1. The Kier molecular flexibility index (Phi) is 7.33. The van der Waals surface area contributed by atoms with E-state index < -0.39 is 54.6 Å². The summed E-state index contributed by atoms with van der Waals surface area (Å²) >= 11 is 5.22. The highest BCUT2D eigenvalue weighted by Crippen LogP contribution is 2.66. The van der Waals surface area contributed by atoms with E-state index in [9.17, 15) is 28.8 Å². The summed E-state index contributed by atoms with van der Waals surface area (Å²) in [4.78, 5) is 43.9. The molecular weight excluding hydrogens is 535 g/mol. The fourth-order valence-corrected chi connectivity index (χ4v) is 6.08. The van der Waals surface area contributed by atoms with Crippen molar-refractivity contribution >= 4 is 52.8 Å². The Morgan fingerprint density at radius 1 is 1.15 bits per heavy atom. The van der Waals surface area contributed by atoms with Crippen molar-refractivity contribution in [2.75, 3.05) is 12.3 Å². The molecule has 1 saturated heterocycles.